The van der Waals surface area contributed by atoms with E-state index in [-0.39, 0.29) is 0 Å². The first-order valence-electron chi connectivity index (χ1n) is 13.1. The Morgan fingerprint density at radius 3 is 2.00 bits per heavy atom. The molecule has 0 radical (unpaired) electrons. The Balaban J connectivity index is 1.20. The maximum Gasteiger partial charge on any atom is 0.0681 e. The molecule has 0 aliphatic rings. The van der Waals surface area contributed by atoms with Crippen molar-refractivity contribution in [2.45, 2.75) is 26.3 Å². The fourth-order valence-corrected chi connectivity index (χ4v) is 9.58. The van der Waals surface area contributed by atoms with Gasteiger partial charge in [0.05, 0.1) is 19.6 Å². The number of hydrogen-bond donors (Lipinski definition) is 0. The van der Waals surface area contributed by atoms with Gasteiger partial charge in [-0.05, 0) is 42.8 Å². The summed E-state index contributed by atoms with van der Waals surface area (Å²) < 4.78 is 10.7. The summed E-state index contributed by atoms with van der Waals surface area (Å²) in [4.78, 5) is 0. The molecule has 0 aliphatic carbocycles. The zero-order chi connectivity index (χ0) is 25.2. The molecular formula is C34H23NS3. The summed E-state index contributed by atoms with van der Waals surface area (Å²) in [5.41, 5.74) is 4.88. The molecule has 0 fully saturated rings. The van der Waals surface area contributed by atoms with Crippen molar-refractivity contribution in [1.82, 2.24) is 4.57 Å². The van der Waals surface area contributed by atoms with Gasteiger partial charge in [-0.2, -0.15) is 0 Å². The standard InChI is InChI=1S/C34H23NS3/c1-2-3-18-35-27-10-6-4-8-23(27)32-31(35)24-16-14-21(19-29(24)37-32)12-13-22-15-17-26-30(20-22)38-33-25-9-5-7-11-28(25)36-34(26)33/h4-11,14-17,19-20H,2-3,18H2,1H3. The predicted octanol–water partition coefficient (Wildman–Crippen LogP) is 10.8. The molecule has 0 aliphatic heterocycles. The van der Waals surface area contributed by atoms with Crippen LogP contribution in [0.15, 0.2) is 84.9 Å². The van der Waals surface area contributed by atoms with Crippen LogP contribution in [0.3, 0.4) is 0 Å². The average Bonchev–Trinajstić information content (AvgIpc) is 3.68. The van der Waals surface area contributed by atoms with Crippen LogP contribution < -0.4 is 0 Å². The van der Waals surface area contributed by atoms with Crippen LogP contribution in [0.25, 0.3) is 60.8 Å². The SMILES string of the molecule is CCCCn1c2ccccc2c2sc3cc(C#Cc4ccc5c(c4)sc4c6ccccc6sc54)ccc3c21. The zero-order valence-electron chi connectivity index (χ0n) is 20.9. The van der Waals surface area contributed by atoms with E-state index in [1.165, 1.54) is 73.6 Å². The van der Waals surface area contributed by atoms with E-state index in [2.05, 4.69) is 108 Å². The van der Waals surface area contributed by atoms with Crippen molar-refractivity contribution < 1.29 is 0 Å². The van der Waals surface area contributed by atoms with Crippen molar-refractivity contribution in [3.63, 3.8) is 0 Å². The normalized spacial score (nSPS) is 11.9. The minimum Gasteiger partial charge on any atom is -0.339 e. The molecule has 0 saturated heterocycles. The number of benzene rings is 4. The Bertz CT molecular complexity index is 2240. The monoisotopic (exact) mass is 541 g/mol. The van der Waals surface area contributed by atoms with Gasteiger partial charge < -0.3 is 4.57 Å². The highest BCUT2D eigenvalue weighted by atomic mass is 32.1. The van der Waals surface area contributed by atoms with Crippen LogP contribution in [0.2, 0.25) is 0 Å². The molecule has 0 spiro atoms. The van der Waals surface area contributed by atoms with Gasteiger partial charge in [-0.3, -0.25) is 0 Å². The maximum atomic E-state index is 3.45. The zero-order valence-corrected chi connectivity index (χ0v) is 23.3. The summed E-state index contributed by atoms with van der Waals surface area (Å²) >= 11 is 5.69. The third-order valence-electron chi connectivity index (χ3n) is 7.45. The van der Waals surface area contributed by atoms with Gasteiger partial charge in [0.2, 0.25) is 0 Å². The molecule has 182 valence electrons. The number of nitrogens with zero attached hydrogens (tertiary/aromatic N) is 1. The van der Waals surface area contributed by atoms with E-state index in [1.54, 1.807) is 0 Å². The molecule has 4 heteroatoms. The molecule has 4 aromatic heterocycles. The van der Waals surface area contributed by atoms with Gasteiger partial charge in [0.1, 0.15) is 0 Å². The first-order valence-corrected chi connectivity index (χ1v) is 15.5. The smallest absolute Gasteiger partial charge is 0.0681 e. The van der Waals surface area contributed by atoms with Gasteiger partial charge in [-0.15, -0.1) is 34.0 Å². The lowest BCUT2D eigenvalue weighted by molar-refractivity contribution is 0.666. The Kier molecular flexibility index (Phi) is 5.13. The maximum absolute atomic E-state index is 3.45. The highest BCUT2D eigenvalue weighted by Crippen LogP contribution is 2.44. The van der Waals surface area contributed by atoms with Crippen LogP contribution >= 0.6 is 34.0 Å². The van der Waals surface area contributed by atoms with Crippen LogP contribution in [-0.4, -0.2) is 4.57 Å². The molecule has 0 bridgehead atoms. The molecule has 0 saturated carbocycles. The highest BCUT2D eigenvalue weighted by molar-refractivity contribution is 7.36. The number of aryl methyl sites for hydroxylation is 1. The quantitative estimate of drug-likeness (QED) is 0.196. The summed E-state index contributed by atoms with van der Waals surface area (Å²) in [6, 6.07) is 31.0. The van der Waals surface area contributed by atoms with Crippen LogP contribution in [-0.2, 0) is 6.54 Å². The van der Waals surface area contributed by atoms with Crippen molar-refractivity contribution >= 4 is 94.8 Å². The first kappa shape index (κ1) is 22.4. The Morgan fingerprint density at radius 2 is 1.21 bits per heavy atom. The fourth-order valence-electron chi connectivity index (χ4n) is 5.61. The average molecular weight is 542 g/mol. The summed E-state index contributed by atoms with van der Waals surface area (Å²) in [5, 5.41) is 5.42. The third-order valence-corrected chi connectivity index (χ3v) is 11.1. The van der Waals surface area contributed by atoms with Crippen LogP contribution in [0.5, 0.6) is 0 Å². The van der Waals surface area contributed by atoms with Gasteiger partial charge in [0.15, 0.2) is 0 Å². The lowest BCUT2D eigenvalue weighted by Gasteiger charge is -2.06. The van der Waals surface area contributed by atoms with E-state index in [0.29, 0.717) is 0 Å². The minimum absolute atomic E-state index is 1.06. The summed E-state index contributed by atoms with van der Waals surface area (Å²) in [7, 11) is 0. The molecule has 38 heavy (non-hydrogen) atoms. The lowest BCUT2D eigenvalue weighted by Crippen LogP contribution is -1.96. The number of fused-ring (bicyclic) bond motifs is 10. The number of para-hydroxylation sites is 1. The second-order valence-electron chi connectivity index (χ2n) is 9.83. The lowest BCUT2D eigenvalue weighted by atomic mass is 10.1. The van der Waals surface area contributed by atoms with E-state index in [9.17, 15) is 0 Å². The number of hydrogen-bond acceptors (Lipinski definition) is 3. The van der Waals surface area contributed by atoms with Crippen molar-refractivity contribution in [3.8, 4) is 11.8 Å². The van der Waals surface area contributed by atoms with Gasteiger partial charge >= 0.3 is 0 Å². The van der Waals surface area contributed by atoms with Gasteiger partial charge in [-0.1, -0.05) is 73.7 Å². The Labute approximate surface area is 232 Å². The van der Waals surface area contributed by atoms with Crippen LogP contribution in [0, 0.1) is 11.8 Å². The van der Waals surface area contributed by atoms with E-state index in [0.717, 1.165) is 17.7 Å². The summed E-state index contributed by atoms with van der Waals surface area (Å²) in [6.45, 7) is 3.33. The summed E-state index contributed by atoms with van der Waals surface area (Å²) in [6.07, 6.45) is 2.39. The predicted molar refractivity (Wildman–Crippen MR) is 170 cm³/mol. The van der Waals surface area contributed by atoms with E-state index in [4.69, 9.17) is 0 Å². The van der Waals surface area contributed by atoms with Gasteiger partial charge in [-0.25, -0.2) is 0 Å². The Morgan fingerprint density at radius 1 is 0.605 bits per heavy atom. The van der Waals surface area contributed by atoms with E-state index in [1.807, 2.05) is 34.0 Å². The van der Waals surface area contributed by atoms with Crippen molar-refractivity contribution in [3.05, 3.63) is 96.1 Å². The van der Waals surface area contributed by atoms with Crippen molar-refractivity contribution in [2.24, 2.45) is 0 Å². The van der Waals surface area contributed by atoms with Gasteiger partial charge in [0, 0.05) is 58.8 Å². The largest absolute Gasteiger partial charge is 0.339 e. The third kappa shape index (κ3) is 3.36. The number of thiophene rings is 3. The number of rotatable bonds is 3. The first-order chi connectivity index (χ1) is 18.8. The van der Waals surface area contributed by atoms with Crippen LogP contribution in [0.1, 0.15) is 30.9 Å². The van der Waals surface area contributed by atoms with Crippen molar-refractivity contribution in [1.29, 1.82) is 0 Å². The molecular weight excluding hydrogens is 519 g/mol. The molecule has 8 rings (SSSR count). The highest BCUT2D eigenvalue weighted by Gasteiger charge is 2.16. The molecule has 0 atom stereocenters. The van der Waals surface area contributed by atoms with Gasteiger partial charge in [0.25, 0.3) is 0 Å². The topological polar surface area (TPSA) is 4.93 Å². The Hall–Kier alpha value is -3.62. The molecule has 4 aromatic carbocycles. The fraction of sp³-hybridized carbons (Fsp3) is 0.118. The molecule has 0 amide bonds. The van der Waals surface area contributed by atoms with E-state index < -0.39 is 0 Å². The molecule has 0 unspecified atom stereocenters. The summed E-state index contributed by atoms with van der Waals surface area (Å²) in [5.74, 6) is 6.90. The van der Waals surface area contributed by atoms with Crippen LogP contribution in [0.4, 0.5) is 0 Å². The number of unbranched alkanes of at least 4 members (excludes halogenated alkanes) is 1. The molecule has 4 heterocycles. The van der Waals surface area contributed by atoms with E-state index >= 15 is 0 Å². The molecule has 1 nitrogen and oxygen atoms in total. The minimum atomic E-state index is 1.06. The second-order valence-corrected chi connectivity index (χ2v) is 13.0. The molecule has 0 N–H and O–H groups in total. The number of aromatic nitrogens is 1. The van der Waals surface area contributed by atoms with Crippen molar-refractivity contribution in [2.75, 3.05) is 0 Å². The molecule has 8 aromatic rings. The second kappa shape index (κ2) is 8.71.